The smallest absolute Gasteiger partial charge is 0.279 e. The molecule has 10 heteroatoms. The van der Waals surface area contributed by atoms with Crippen LogP contribution in [0.2, 0.25) is 0 Å². The van der Waals surface area contributed by atoms with E-state index in [0.717, 1.165) is 11.4 Å². The Morgan fingerprint density at radius 2 is 1.84 bits per heavy atom. The van der Waals surface area contributed by atoms with Gasteiger partial charge < -0.3 is 19.3 Å². The van der Waals surface area contributed by atoms with Gasteiger partial charge in [0.1, 0.15) is 0 Å². The number of nitrogens with zero attached hydrogens (tertiary/aromatic N) is 3. The molecule has 162 valence electrons. The van der Waals surface area contributed by atoms with Crippen molar-refractivity contribution in [2.24, 2.45) is 4.99 Å². The lowest BCUT2D eigenvalue weighted by molar-refractivity contribution is 0.100. The van der Waals surface area contributed by atoms with E-state index in [0.29, 0.717) is 22.2 Å². The maximum atomic E-state index is 12.9. The van der Waals surface area contributed by atoms with Crippen molar-refractivity contribution in [2.75, 3.05) is 42.2 Å². The average Bonchev–Trinajstić information content (AvgIpc) is 3.39. The molecule has 2 atom stereocenters. The van der Waals surface area contributed by atoms with Gasteiger partial charge in [0.15, 0.2) is 26.5 Å². The van der Waals surface area contributed by atoms with E-state index in [4.69, 9.17) is 9.47 Å². The number of hydrogen-bond donors (Lipinski definition) is 0. The minimum absolute atomic E-state index is 0.0529. The second-order valence-corrected chi connectivity index (χ2v) is 11.2. The standard InChI is InChI=1S/C21H21N3O5S2/c1-23(2)14-4-6-15(7-5-14)24-16-10-31(26,27)11-19(16)30-21(24)22-20(25)13-3-8-17-18(9-13)29-12-28-17/h3-9,16,19H,10-12H2,1-2H3. The van der Waals surface area contributed by atoms with Crippen LogP contribution in [0.4, 0.5) is 11.4 Å². The number of anilines is 2. The molecule has 0 saturated carbocycles. The molecule has 0 spiro atoms. The fraction of sp³-hybridized carbons (Fsp3) is 0.333. The minimum Gasteiger partial charge on any atom is -0.454 e. The van der Waals surface area contributed by atoms with Crippen molar-refractivity contribution < 1.29 is 22.7 Å². The van der Waals surface area contributed by atoms with Crippen molar-refractivity contribution in [3.05, 3.63) is 48.0 Å². The Morgan fingerprint density at radius 3 is 2.58 bits per heavy atom. The van der Waals surface area contributed by atoms with E-state index in [1.807, 2.05) is 48.2 Å². The second kappa shape index (κ2) is 7.45. The normalized spacial score (nSPS) is 24.5. The van der Waals surface area contributed by atoms with E-state index in [1.54, 1.807) is 18.2 Å². The Kier molecular flexibility index (Phi) is 4.86. The molecule has 0 aromatic heterocycles. The molecule has 8 nitrogen and oxygen atoms in total. The van der Waals surface area contributed by atoms with Crippen molar-refractivity contribution in [1.29, 1.82) is 0 Å². The van der Waals surface area contributed by atoms with E-state index in [1.165, 1.54) is 11.8 Å². The van der Waals surface area contributed by atoms with Crippen molar-refractivity contribution in [1.82, 2.24) is 0 Å². The highest BCUT2D eigenvalue weighted by Crippen LogP contribution is 2.41. The molecule has 1 amide bonds. The molecular formula is C21H21N3O5S2. The average molecular weight is 460 g/mol. The number of ether oxygens (including phenoxy) is 2. The van der Waals surface area contributed by atoms with Crippen LogP contribution in [0, 0.1) is 0 Å². The molecule has 2 saturated heterocycles. The Bertz CT molecular complexity index is 1180. The van der Waals surface area contributed by atoms with Gasteiger partial charge in [0.25, 0.3) is 5.91 Å². The van der Waals surface area contributed by atoms with Gasteiger partial charge in [0.2, 0.25) is 6.79 Å². The molecule has 2 aromatic carbocycles. The zero-order valence-electron chi connectivity index (χ0n) is 17.0. The summed E-state index contributed by atoms with van der Waals surface area (Å²) in [5.74, 6) is 0.855. The lowest BCUT2D eigenvalue weighted by Gasteiger charge is -2.25. The lowest BCUT2D eigenvalue weighted by Crippen LogP contribution is -2.37. The highest BCUT2D eigenvalue weighted by atomic mass is 32.2. The zero-order chi connectivity index (χ0) is 21.8. The molecule has 2 fully saturated rings. The van der Waals surface area contributed by atoms with E-state index in [-0.39, 0.29) is 29.6 Å². The Hall–Kier alpha value is -2.72. The van der Waals surface area contributed by atoms with Gasteiger partial charge in [0, 0.05) is 36.3 Å². The van der Waals surface area contributed by atoms with Gasteiger partial charge in [-0.15, -0.1) is 0 Å². The summed E-state index contributed by atoms with van der Waals surface area (Å²) in [5.41, 5.74) is 2.24. The highest BCUT2D eigenvalue weighted by molar-refractivity contribution is 8.16. The molecule has 0 N–H and O–H groups in total. The van der Waals surface area contributed by atoms with Crippen LogP contribution in [0.3, 0.4) is 0 Å². The highest BCUT2D eigenvalue weighted by Gasteiger charge is 2.49. The third-order valence-electron chi connectivity index (χ3n) is 5.53. The third kappa shape index (κ3) is 3.74. The molecule has 31 heavy (non-hydrogen) atoms. The molecule has 3 aliphatic rings. The summed E-state index contributed by atoms with van der Waals surface area (Å²) in [6, 6.07) is 12.5. The first-order chi connectivity index (χ1) is 14.8. The number of carbonyl (C=O) groups excluding carboxylic acids is 1. The van der Waals surface area contributed by atoms with E-state index in [9.17, 15) is 13.2 Å². The predicted octanol–water partition coefficient (Wildman–Crippen LogP) is 2.40. The van der Waals surface area contributed by atoms with Crippen molar-refractivity contribution in [3.63, 3.8) is 0 Å². The summed E-state index contributed by atoms with van der Waals surface area (Å²) in [7, 11) is 0.791. The van der Waals surface area contributed by atoms with E-state index < -0.39 is 15.7 Å². The van der Waals surface area contributed by atoms with Gasteiger partial charge in [0.05, 0.1) is 17.5 Å². The topological polar surface area (TPSA) is 88.5 Å². The first-order valence-electron chi connectivity index (χ1n) is 9.77. The van der Waals surface area contributed by atoms with Crippen molar-refractivity contribution in [3.8, 4) is 11.5 Å². The molecule has 2 aromatic rings. The van der Waals surface area contributed by atoms with Crippen LogP contribution >= 0.6 is 11.8 Å². The monoisotopic (exact) mass is 459 g/mol. The molecule has 5 rings (SSSR count). The molecule has 0 bridgehead atoms. The Labute approximate surface area is 184 Å². The SMILES string of the molecule is CN(C)c1ccc(N2C(=NC(=O)c3ccc4c(c3)OCO4)SC3CS(=O)(=O)CC32)cc1. The van der Waals surface area contributed by atoms with Gasteiger partial charge in [-0.05, 0) is 42.5 Å². The number of amides is 1. The zero-order valence-corrected chi connectivity index (χ0v) is 18.6. The number of thioether (sulfide) groups is 1. The maximum absolute atomic E-state index is 12.9. The number of benzene rings is 2. The fourth-order valence-electron chi connectivity index (χ4n) is 3.96. The van der Waals surface area contributed by atoms with Crippen LogP contribution in [0.5, 0.6) is 11.5 Å². The number of aliphatic imine (C=N–C) groups is 1. The molecular weight excluding hydrogens is 438 g/mol. The molecule has 3 heterocycles. The molecule has 3 aliphatic heterocycles. The van der Waals surface area contributed by atoms with E-state index in [2.05, 4.69) is 4.99 Å². The largest absolute Gasteiger partial charge is 0.454 e. The summed E-state index contributed by atoms with van der Waals surface area (Å²) in [6.45, 7) is 0.131. The second-order valence-electron chi connectivity index (χ2n) is 7.85. The quantitative estimate of drug-likeness (QED) is 0.692. The fourth-order valence-corrected chi connectivity index (χ4v) is 7.87. The van der Waals surface area contributed by atoms with Gasteiger partial charge >= 0.3 is 0 Å². The van der Waals surface area contributed by atoms with Crippen molar-refractivity contribution >= 4 is 44.0 Å². The minimum atomic E-state index is -3.12. The van der Waals surface area contributed by atoms with Crippen LogP contribution in [-0.4, -0.2) is 63.2 Å². The van der Waals surface area contributed by atoms with E-state index >= 15 is 0 Å². The number of rotatable bonds is 3. The number of fused-ring (bicyclic) bond motifs is 2. The number of sulfone groups is 1. The van der Waals surface area contributed by atoms with Gasteiger partial charge in [-0.1, -0.05) is 11.8 Å². The predicted molar refractivity (Wildman–Crippen MR) is 121 cm³/mol. The lowest BCUT2D eigenvalue weighted by atomic mass is 10.2. The van der Waals surface area contributed by atoms with Crippen molar-refractivity contribution in [2.45, 2.75) is 11.3 Å². The third-order valence-corrected chi connectivity index (χ3v) is 8.74. The molecule has 0 radical (unpaired) electrons. The Morgan fingerprint density at radius 1 is 1.10 bits per heavy atom. The molecule has 2 unspecified atom stereocenters. The number of amidine groups is 1. The number of carbonyl (C=O) groups is 1. The summed E-state index contributed by atoms with van der Waals surface area (Å²) < 4.78 is 35.1. The van der Waals surface area contributed by atoms with Gasteiger partial charge in [-0.25, -0.2) is 8.42 Å². The first kappa shape index (κ1) is 20.2. The maximum Gasteiger partial charge on any atom is 0.279 e. The van der Waals surface area contributed by atoms with Gasteiger partial charge in [-0.3, -0.25) is 4.79 Å². The number of hydrogen-bond acceptors (Lipinski definition) is 7. The van der Waals surface area contributed by atoms with Gasteiger partial charge in [-0.2, -0.15) is 4.99 Å². The molecule has 0 aliphatic carbocycles. The van der Waals surface area contributed by atoms with Crippen LogP contribution in [0.15, 0.2) is 47.5 Å². The summed E-state index contributed by atoms with van der Waals surface area (Å²) in [6.07, 6.45) is 0. The van der Waals surface area contributed by atoms with Crippen LogP contribution in [-0.2, 0) is 9.84 Å². The summed E-state index contributed by atoms with van der Waals surface area (Å²) in [5, 5.41) is 0.368. The summed E-state index contributed by atoms with van der Waals surface area (Å²) in [4.78, 5) is 21.2. The Balaban J connectivity index is 1.49. The van der Waals surface area contributed by atoms with Crippen LogP contribution < -0.4 is 19.3 Å². The van der Waals surface area contributed by atoms with Crippen LogP contribution in [0.25, 0.3) is 0 Å². The first-order valence-corrected chi connectivity index (χ1v) is 12.5. The van der Waals surface area contributed by atoms with Crippen LogP contribution in [0.1, 0.15) is 10.4 Å². The summed E-state index contributed by atoms with van der Waals surface area (Å²) >= 11 is 1.36.